The predicted octanol–water partition coefficient (Wildman–Crippen LogP) is 3.88. The SMILES string of the molecule is Cc1ccc(NC(=O)Cn2c(CN3CCCC3)nc3sc4c(c3c2=O)CCCC4)cc1. The van der Waals surface area contributed by atoms with Gasteiger partial charge in [0.25, 0.3) is 5.56 Å². The molecule has 0 radical (unpaired) electrons. The highest BCUT2D eigenvalue weighted by atomic mass is 32.1. The number of likely N-dealkylation sites (tertiary alicyclic amines) is 1. The van der Waals surface area contributed by atoms with Gasteiger partial charge in [0.2, 0.25) is 5.91 Å². The fourth-order valence-corrected chi connectivity index (χ4v) is 5.96. The van der Waals surface area contributed by atoms with Crippen molar-refractivity contribution >= 4 is 33.1 Å². The van der Waals surface area contributed by atoms with E-state index >= 15 is 0 Å². The molecule has 0 spiro atoms. The van der Waals surface area contributed by atoms with E-state index in [4.69, 9.17) is 4.98 Å². The van der Waals surface area contributed by atoms with Crippen LogP contribution in [-0.2, 0) is 30.7 Å². The Morgan fingerprint density at radius 3 is 2.61 bits per heavy atom. The van der Waals surface area contributed by atoms with Gasteiger partial charge >= 0.3 is 0 Å². The topological polar surface area (TPSA) is 67.2 Å². The second-order valence-corrected chi connectivity index (χ2v) is 9.79. The molecule has 162 valence electrons. The van der Waals surface area contributed by atoms with E-state index in [1.807, 2.05) is 31.2 Å². The number of amides is 1. The Hall–Kier alpha value is -2.51. The van der Waals surface area contributed by atoms with Crippen LogP contribution < -0.4 is 10.9 Å². The number of thiophene rings is 1. The van der Waals surface area contributed by atoms with E-state index < -0.39 is 0 Å². The molecule has 2 aliphatic rings. The van der Waals surface area contributed by atoms with Crippen LogP contribution in [0.2, 0.25) is 0 Å². The lowest BCUT2D eigenvalue weighted by Gasteiger charge is -2.18. The van der Waals surface area contributed by atoms with Crippen LogP contribution >= 0.6 is 11.3 Å². The van der Waals surface area contributed by atoms with Crippen LogP contribution in [0.3, 0.4) is 0 Å². The maximum atomic E-state index is 13.6. The second kappa shape index (κ2) is 8.55. The Morgan fingerprint density at radius 2 is 1.84 bits per heavy atom. The molecular weight excluding hydrogens is 408 g/mol. The molecule has 3 heterocycles. The Morgan fingerprint density at radius 1 is 1.10 bits per heavy atom. The molecule has 1 aliphatic carbocycles. The lowest BCUT2D eigenvalue weighted by molar-refractivity contribution is -0.116. The highest BCUT2D eigenvalue weighted by Gasteiger charge is 2.24. The second-order valence-electron chi connectivity index (χ2n) is 8.71. The standard InChI is InChI=1S/C24H28N4O2S/c1-16-8-10-17(11-9-16)25-21(29)15-28-20(14-27-12-4-5-13-27)26-23-22(24(28)30)18-6-2-3-7-19(18)31-23/h8-11H,2-7,12-15H2,1H3,(H,25,29). The van der Waals surface area contributed by atoms with Gasteiger partial charge in [0, 0.05) is 10.6 Å². The number of carbonyl (C=O) groups is 1. The maximum Gasteiger partial charge on any atom is 0.263 e. The molecule has 2 aromatic heterocycles. The Bertz CT molecular complexity index is 1170. The van der Waals surface area contributed by atoms with Gasteiger partial charge in [-0.2, -0.15) is 0 Å². The third kappa shape index (κ3) is 4.16. The molecule has 1 aliphatic heterocycles. The first-order chi connectivity index (χ1) is 15.1. The van der Waals surface area contributed by atoms with Crippen molar-refractivity contribution in [2.75, 3.05) is 18.4 Å². The molecule has 1 amide bonds. The number of fused-ring (bicyclic) bond motifs is 3. The smallest absolute Gasteiger partial charge is 0.263 e. The first-order valence-corrected chi connectivity index (χ1v) is 12.0. The van der Waals surface area contributed by atoms with Gasteiger partial charge < -0.3 is 5.32 Å². The molecule has 1 N–H and O–H groups in total. The number of nitrogens with zero attached hydrogens (tertiary/aromatic N) is 3. The molecule has 0 unspecified atom stereocenters. The number of aryl methyl sites for hydroxylation is 3. The van der Waals surface area contributed by atoms with Crippen LogP contribution in [0.5, 0.6) is 0 Å². The fraction of sp³-hybridized carbons (Fsp3) is 0.458. The number of hydrogen-bond acceptors (Lipinski definition) is 5. The lowest BCUT2D eigenvalue weighted by Crippen LogP contribution is -2.33. The van der Waals surface area contributed by atoms with Crippen LogP contribution in [0.15, 0.2) is 29.1 Å². The number of rotatable bonds is 5. The summed E-state index contributed by atoms with van der Waals surface area (Å²) in [5, 5.41) is 3.68. The summed E-state index contributed by atoms with van der Waals surface area (Å²) in [5.74, 6) is 0.510. The minimum atomic E-state index is -0.195. The van der Waals surface area contributed by atoms with Gasteiger partial charge in [-0.1, -0.05) is 17.7 Å². The molecule has 1 saturated heterocycles. The van der Waals surface area contributed by atoms with E-state index in [0.717, 1.165) is 53.8 Å². The van der Waals surface area contributed by atoms with Gasteiger partial charge in [0.1, 0.15) is 17.2 Å². The van der Waals surface area contributed by atoms with E-state index in [1.165, 1.54) is 29.7 Å². The Labute approximate surface area is 185 Å². The van der Waals surface area contributed by atoms with Crippen molar-refractivity contribution < 1.29 is 4.79 Å². The molecule has 31 heavy (non-hydrogen) atoms. The summed E-state index contributed by atoms with van der Waals surface area (Å²) in [5.41, 5.74) is 2.99. The largest absolute Gasteiger partial charge is 0.325 e. The fourth-order valence-electron chi connectivity index (χ4n) is 4.69. The zero-order chi connectivity index (χ0) is 21.4. The van der Waals surface area contributed by atoms with Crippen LogP contribution in [-0.4, -0.2) is 33.4 Å². The van der Waals surface area contributed by atoms with Crippen LogP contribution in [0.25, 0.3) is 10.2 Å². The normalized spacial score (nSPS) is 16.5. The number of anilines is 1. The molecule has 3 aromatic rings. The zero-order valence-corrected chi connectivity index (χ0v) is 18.8. The van der Waals surface area contributed by atoms with Gasteiger partial charge in [-0.25, -0.2) is 4.98 Å². The molecule has 1 aromatic carbocycles. The van der Waals surface area contributed by atoms with E-state index in [2.05, 4.69) is 10.2 Å². The average Bonchev–Trinajstić information content (AvgIpc) is 3.40. The van der Waals surface area contributed by atoms with Crippen molar-refractivity contribution in [3.8, 4) is 0 Å². The molecule has 1 fully saturated rings. The van der Waals surface area contributed by atoms with Crippen molar-refractivity contribution in [1.29, 1.82) is 0 Å². The van der Waals surface area contributed by atoms with E-state index in [9.17, 15) is 9.59 Å². The summed E-state index contributed by atoms with van der Waals surface area (Å²) in [6.07, 6.45) is 6.61. The summed E-state index contributed by atoms with van der Waals surface area (Å²) < 4.78 is 1.62. The zero-order valence-electron chi connectivity index (χ0n) is 17.9. The quantitative estimate of drug-likeness (QED) is 0.659. The third-order valence-electron chi connectivity index (χ3n) is 6.35. The number of carbonyl (C=O) groups excluding carboxylic acids is 1. The molecule has 7 heteroatoms. The summed E-state index contributed by atoms with van der Waals surface area (Å²) >= 11 is 1.67. The van der Waals surface area contributed by atoms with Crippen molar-refractivity contribution in [2.24, 2.45) is 0 Å². The van der Waals surface area contributed by atoms with Gasteiger partial charge in [-0.15, -0.1) is 11.3 Å². The Balaban J connectivity index is 1.51. The van der Waals surface area contributed by atoms with Gasteiger partial charge in [-0.3, -0.25) is 19.1 Å². The summed E-state index contributed by atoms with van der Waals surface area (Å²) in [6, 6.07) is 7.70. The average molecular weight is 437 g/mol. The molecule has 0 bridgehead atoms. The van der Waals surface area contributed by atoms with Crippen molar-refractivity contribution in [3.05, 3.63) is 56.4 Å². The van der Waals surface area contributed by atoms with Gasteiger partial charge in [0.15, 0.2) is 0 Å². The van der Waals surface area contributed by atoms with E-state index in [1.54, 1.807) is 15.9 Å². The number of aromatic nitrogens is 2. The first kappa shape index (κ1) is 20.4. The van der Waals surface area contributed by atoms with E-state index in [-0.39, 0.29) is 18.0 Å². The summed E-state index contributed by atoms with van der Waals surface area (Å²) in [4.78, 5) is 35.9. The number of benzene rings is 1. The maximum absolute atomic E-state index is 13.6. The third-order valence-corrected chi connectivity index (χ3v) is 7.54. The highest BCUT2D eigenvalue weighted by molar-refractivity contribution is 7.18. The molecule has 0 atom stereocenters. The lowest BCUT2D eigenvalue weighted by atomic mass is 9.97. The number of hydrogen-bond donors (Lipinski definition) is 1. The molecule has 6 nitrogen and oxygen atoms in total. The number of nitrogens with one attached hydrogen (secondary N) is 1. The molecule has 0 saturated carbocycles. The predicted molar refractivity (Wildman–Crippen MR) is 125 cm³/mol. The van der Waals surface area contributed by atoms with Crippen molar-refractivity contribution in [2.45, 2.75) is 58.5 Å². The molecule has 5 rings (SSSR count). The van der Waals surface area contributed by atoms with Crippen molar-refractivity contribution in [3.63, 3.8) is 0 Å². The van der Waals surface area contributed by atoms with Crippen LogP contribution in [0.1, 0.15) is 47.5 Å². The van der Waals surface area contributed by atoms with E-state index in [0.29, 0.717) is 12.4 Å². The first-order valence-electron chi connectivity index (χ1n) is 11.2. The minimum absolute atomic E-state index is 0.0105. The van der Waals surface area contributed by atoms with Gasteiger partial charge in [-0.05, 0) is 76.2 Å². The monoisotopic (exact) mass is 436 g/mol. The Kier molecular flexibility index (Phi) is 5.63. The van der Waals surface area contributed by atoms with Crippen LogP contribution in [0.4, 0.5) is 5.69 Å². The summed E-state index contributed by atoms with van der Waals surface area (Å²) in [6.45, 7) is 4.65. The molecular formula is C24H28N4O2S. The van der Waals surface area contributed by atoms with Crippen LogP contribution in [0, 0.1) is 6.92 Å². The van der Waals surface area contributed by atoms with Gasteiger partial charge in [0.05, 0.1) is 11.9 Å². The minimum Gasteiger partial charge on any atom is -0.325 e. The summed E-state index contributed by atoms with van der Waals surface area (Å²) in [7, 11) is 0. The van der Waals surface area contributed by atoms with Crippen molar-refractivity contribution in [1.82, 2.24) is 14.5 Å². The highest BCUT2D eigenvalue weighted by Crippen LogP contribution is 2.34.